The zero-order valence-corrected chi connectivity index (χ0v) is 11.9. The smallest absolute Gasteiger partial charge is 0.399 e. The molecule has 2 rings (SSSR count). The van der Waals surface area contributed by atoms with Crippen LogP contribution in [0.25, 0.3) is 0 Å². The number of terminal acetylenes is 1. The molecule has 1 saturated heterocycles. The highest BCUT2D eigenvalue weighted by atomic mass is 16.7. The highest BCUT2D eigenvalue weighted by Crippen LogP contribution is 2.36. The Bertz CT molecular complexity index is 542. The van der Waals surface area contributed by atoms with Crippen molar-refractivity contribution in [3.05, 3.63) is 23.8 Å². The summed E-state index contributed by atoms with van der Waals surface area (Å²) in [4.78, 5) is 3.89. The van der Waals surface area contributed by atoms with Gasteiger partial charge in [-0.25, -0.2) is 0 Å². The van der Waals surface area contributed by atoms with Crippen molar-refractivity contribution in [2.75, 3.05) is 0 Å². The summed E-state index contributed by atoms with van der Waals surface area (Å²) in [6.07, 6.45) is 5.48. The lowest BCUT2D eigenvalue weighted by Gasteiger charge is -2.32. The molecule has 0 bridgehead atoms. The molecule has 1 fully saturated rings. The topological polar surface area (TPSA) is 30.8 Å². The van der Waals surface area contributed by atoms with Crippen molar-refractivity contribution in [3.8, 4) is 12.3 Å². The molecule has 0 unspecified atom stereocenters. The van der Waals surface area contributed by atoms with Gasteiger partial charge >= 0.3 is 7.12 Å². The van der Waals surface area contributed by atoms with E-state index in [9.17, 15) is 0 Å². The second kappa shape index (κ2) is 4.52. The quantitative estimate of drug-likeness (QED) is 0.461. The largest absolute Gasteiger partial charge is 0.494 e. The van der Waals surface area contributed by atoms with Crippen molar-refractivity contribution in [2.45, 2.75) is 38.9 Å². The van der Waals surface area contributed by atoms with Gasteiger partial charge in [-0.15, -0.1) is 6.42 Å². The van der Waals surface area contributed by atoms with E-state index in [1.807, 2.05) is 45.9 Å². The average Bonchev–Trinajstić information content (AvgIpc) is 2.57. The molecule has 0 amide bonds. The lowest BCUT2D eigenvalue weighted by Crippen LogP contribution is -2.41. The summed E-state index contributed by atoms with van der Waals surface area (Å²) in [5.74, 6) is 2.61. The highest BCUT2D eigenvalue weighted by molar-refractivity contribution is 6.62. The first kappa shape index (κ1) is 13.9. The Hall–Kier alpha value is -1.57. The van der Waals surface area contributed by atoms with E-state index in [0.29, 0.717) is 11.3 Å². The Labute approximate surface area is 115 Å². The molecule has 1 aromatic carbocycles. The van der Waals surface area contributed by atoms with Crippen molar-refractivity contribution in [2.24, 2.45) is 4.99 Å². The number of nitrogens with zero attached hydrogens (tertiary/aromatic N) is 1. The normalized spacial score (nSPS) is 20.1. The maximum Gasteiger partial charge on any atom is 0.494 e. The summed E-state index contributed by atoms with van der Waals surface area (Å²) in [5, 5.41) is 0. The van der Waals surface area contributed by atoms with Gasteiger partial charge in [0.25, 0.3) is 0 Å². The Balaban J connectivity index is 2.36. The molecule has 1 aliphatic rings. The zero-order valence-electron chi connectivity index (χ0n) is 11.9. The predicted molar refractivity (Wildman–Crippen MR) is 79.3 cm³/mol. The fourth-order valence-electron chi connectivity index (χ4n) is 1.93. The van der Waals surface area contributed by atoms with Crippen molar-refractivity contribution in [3.63, 3.8) is 0 Å². The molecule has 0 spiro atoms. The van der Waals surface area contributed by atoms with Crippen LogP contribution in [0.1, 0.15) is 33.3 Å². The SMILES string of the molecule is C#Cc1cc(B2OC(C)(C)C(C)(C)O2)ccc1N=C. The third-order valence-corrected chi connectivity index (χ3v) is 3.87. The maximum atomic E-state index is 5.99. The van der Waals surface area contributed by atoms with Gasteiger partial charge in [-0.05, 0) is 52.0 Å². The first-order chi connectivity index (χ1) is 8.80. The minimum absolute atomic E-state index is 0.358. The second-order valence-corrected chi connectivity index (χ2v) is 5.67. The lowest BCUT2D eigenvalue weighted by atomic mass is 9.78. The summed E-state index contributed by atoms with van der Waals surface area (Å²) in [6, 6.07) is 5.61. The van der Waals surface area contributed by atoms with Crippen molar-refractivity contribution in [1.82, 2.24) is 0 Å². The van der Waals surface area contributed by atoms with Crippen LogP contribution in [0.4, 0.5) is 5.69 Å². The summed E-state index contributed by atoms with van der Waals surface area (Å²) >= 11 is 0. The van der Waals surface area contributed by atoms with Gasteiger partial charge in [0.15, 0.2) is 0 Å². The molecule has 0 saturated carbocycles. The van der Waals surface area contributed by atoms with Crippen LogP contribution in [0.3, 0.4) is 0 Å². The molecule has 0 N–H and O–H groups in total. The second-order valence-electron chi connectivity index (χ2n) is 5.67. The van der Waals surface area contributed by atoms with Crippen molar-refractivity contribution < 1.29 is 9.31 Å². The Morgan fingerprint density at radius 1 is 1.21 bits per heavy atom. The predicted octanol–water partition coefficient (Wildman–Crippen LogP) is 2.30. The third kappa shape index (κ3) is 2.32. The monoisotopic (exact) mass is 255 g/mol. The van der Waals surface area contributed by atoms with E-state index in [-0.39, 0.29) is 11.2 Å². The summed E-state index contributed by atoms with van der Waals surface area (Å²) in [5.41, 5.74) is 1.58. The summed E-state index contributed by atoms with van der Waals surface area (Å²) in [6.45, 7) is 11.6. The van der Waals surface area contributed by atoms with Gasteiger partial charge in [0.2, 0.25) is 0 Å². The van der Waals surface area contributed by atoms with Gasteiger partial charge in [-0.1, -0.05) is 12.0 Å². The number of benzene rings is 1. The van der Waals surface area contributed by atoms with Crippen LogP contribution in [0, 0.1) is 12.3 Å². The molecule has 98 valence electrons. The molecular formula is C15H18BNO2. The van der Waals surface area contributed by atoms with Gasteiger partial charge in [0, 0.05) is 5.56 Å². The fourth-order valence-corrected chi connectivity index (χ4v) is 1.93. The average molecular weight is 255 g/mol. The lowest BCUT2D eigenvalue weighted by molar-refractivity contribution is 0.00578. The van der Waals surface area contributed by atoms with Crippen LogP contribution in [-0.2, 0) is 9.31 Å². The molecule has 4 heteroatoms. The molecule has 0 radical (unpaired) electrons. The number of rotatable bonds is 2. The maximum absolute atomic E-state index is 5.99. The van der Waals surface area contributed by atoms with Crippen LogP contribution >= 0.6 is 0 Å². The van der Waals surface area contributed by atoms with E-state index in [4.69, 9.17) is 15.7 Å². The van der Waals surface area contributed by atoms with Gasteiger partial charge < -0.3 is 9.31 Å². The molecule has 0 aliphatic carbocycles. The molecular weight excluding hydrogens is 237 g/mol. The molecule has 1 aromatic rings. The zero-order chi connectivity index (χ0) is 14.3. The molecule has 1 heterocycles. The van der Waals surface area contributed by atoms with E-state index >= 15 is 0 Å². The molecule has 3 nitrogen and oxygen atoms in total. The van der Waals surface area contributed by atoms with Gasteiger partial charge in [0.05, 0.1) is 16.9 Å². The molecule has 19 heavy (non-hydrogen) atoms. The number of aliphatic imine (C=N–C) groups is 1. The first-order valence-electron chi connectivity index (χ1n) is 6.23. The first-order valence-corrected chi connectivity index (χ1v) is 6.23. The fraction of sp³-hybridized carbons (Fsp3) is 0.400. The number of hydrogen-bond donors (Lipinski definition) is 0. The molecule has 0 atom stereocenters. The number of hydrogen-bond acceptors (Lipinski definition) is 3. The van der Waals surface area contributed by atoms with Crippen LogP contribution in [0.2, 0.25) is 0 Å². The molecule has 0 aromatic heterocycles. The Morgan fingerprint density at radius 2 is 1.79 bits per heavy atom. The Morgan fingerprint density at radius 3 is 2.26 bits per heavy atom. The van der Waals surface area contributed by atoms with E-state index < -0.39 is 7.12 Å². The van der Waals surface area contributed by atoms with E-state index in [1.54, 1.807) is 0 Å². The summed E-state index contributed by atoms with van der Waals surface area (Å²) < 4.78 is 12.0. The van der Waals surface area contributed by atoms with Crippen LogP contribution in [-0.4, -0.2) is 25.0 Å². The van der Waals surface area contributed by atoms with E-state index in [1.165, 1.54) is 0 Å². The van der Waals surface area contributed by atoms with E-state index in [0.717, 1.165) is 5.46 Å². The minimum atomic E-state index is -0.407. The van der Waals surface area contributed by atoms with Gasteiger partial charge in [-0.2, -0.15) is 0 Å². The standard InChI is InChI=1S/C15H18BNO2/c1-7-11-10-12(8-9-13(11)17-6)16-18-14(2,3)15(4,5)19-16/h1,8-10H,6H2,2-5H3. The molecule has 1 aliphatic heterocycles. The highest BCUT2D eigenvalue weighted by Gasteiger charge is 2.51. The van der Waals surface area contributed by atoms with E-state index in [2.05, 4.69) is 17.6 Å². The van der Waals surface area contributed by atoms with Crippen LogP contribution in [0.15, 0.2) is 23.2 Å². The van der Waals surface area contributed by atoms with Crippen molar-refractivity contribution >= 4 is 25.0 Å². The minimum Gasteiger partial charge on any atom is -0.399 e. The van der Waals surface area contributed by atoms with Gasteiger partial charge in [-0.3, -0.25) is 4.99 Å². The van der Waals surface area contributed by atoms with Crippen LogP contribution < -0.4 is 5.46 Å². The van der Waals surface area contributed by atoms with Crippen LogP contribution in [0.5, 0.6) is 0 Å². The van der Waals surface area contributed by atoms with Crippen molar-refractivity contribution in [1.29, 1.82) is 0 Å². The van der Waals surface area contributed by atoms with Gasteiger partial charge in [0.1, 0.15) is 0 Å². The summed E-state index contributed by atoms with van der Waals surface area (Å²) in [7, 11) is -0.407. The Kier molecular flexibility index (Phi) is 3.30. The third-order valence-electron chi connectivity index (χ3n) is 3.87.